The van der Waals surface area contributed by atoms with E-state index in [-0.39, 0.29) is 18.3 Å². The lowest BCUT2D eigenvalue weighted by Crippen LogP contribution is -2.33. The zero-order valence-electron chi connectivity index (χ0n) is 10.8. The minimum Gasteiger partial charge on any atom is -0.469 e. The number of hydrogen-bond donors (Lipinski definition) is 0. The van der Waals surface area contributed by atoms with Gasteiger partial charge in [-0.2, -0.15) is 0 Å². The van der Waals surface area contributed by atoms with Crippen LogP contribution in [0.1, 0.15) is 23.7 Å². The average Bonchev–Trinajstić information content (AvgIpc) is 2.37. The van der Waals surface area contributed by atoms with Crippen LogP contribution < -0.4 is 0 Å². The molecule has 0 saturated heterocycles. The van der Waals surface area contributed by atoms with Gasteiger partial charge in [-0.25, -0.2) is 0 Å². The number of rotatable bonds is 5. The van der Waals surface area contributed by atoms with Crippen molar-refractivity contribution in [2.45, 2.75) is 13.3 Å². The Morgan fingerprint density at radius 3 is 2.58 bits per heavy atom. The van der Waals surface area contributed by atoms with Crippen molar-refractivity contribution in [1.82, 2.24) is 4.90 Å². The quantitative estimate of drug-likeness (QED) is 0.768. The van der Waals surface area contributed by atoms with Crippen LogP contribution in [0.25, 0.3) is 0 Å². The van der Waals surface area contributed by atoms with Crippen LogP contribution in [0.5, 0.6) is 0 Å². The number of esters is 1. The molecule has 4 nitrogen and oxygen atoms in total. The highest BCUT2D eigenvalue weighted by atomic mass is 79.9. The van der Waals surface area contributed by atoms with E-state index in [1.165, 1.54) is 7.11 Å². The van der Waals surface area contributed by atoms with Gasteiger partial charge in [0.1, 0.15) is 0 Å². The van der Waals surface area contributed by atoms with E-state index in [4.69, 9.17) is 11.6 Å². The van der Waals surface area contributed by atoms with E-state index in [9.17, 15) is 9.59 Å². The third-order valence-electron chi connectivity index (χ3n) is 2.59. The molecule has 1 aromatic carbocycles. The molecule has 0 heterocycles. The van der Waals surface area contributed by atoms with Gasteiger partial charge in [0.25, 0.3) is 5.91 Å². The van der Waals surface area contributed by atoms with Crippen LogP contribution in [0, 0.1) is 0 Å². The maximum Gasteiger partial charge on any atom is 0.307 e. The van der Waals surface area contributed by atoms with E-state index in [2.05, 4.69) is 20.7 Å². The largest absolute Gasteiger partial charge is 0.469 e. The van der Waals surface area contributed by atoms with Crippen molar-refractivity contribution in [3.63, 3.8) is 0 Å². The van der Waals surface area contributed by atoms with E-state index in [1.807, 2.05) is 6.92 Å². The molecule has 1 rings (SSSR count). The molecule has 0 N–H and O–H groups in total. The number of benzene rings is 1. The summed E-state index contributed by atoms with van der Waals surface area (Å²) in [7, 11) is 1.33. The molecule has 0 fully saturated rings. The molecule has 1 aromatic rings. The summed E-state index contributed by atoms with van der Waals surface area (Å²) in [6.07, 6.45) is 0.178. The Morgan fingerprint density at radius 2 is 2.05 bits per heavy atom. The van der Waals surface area contributed by atoms with Gasteiger partial charge in [0, 0.05) is 28.1 Å². The van der Waals surface area contributed by atoms with Gasteiger partial charge in [0.05, 0.1) is 13.5 Å². The summed E-state index contributed by atoms with van der Waals surface area (Å²) in [4.78, 5) is 25.0. The molecule has 6 heteroatoms. The molecule has 0 aromatic heterocycles. The fourth-order valence-corrected chi connectivity index (χ4v) is 2.45. The predicted molar refractivity (Wildman–Crippen MR) is 77.4 cm³/mol. The van der Waals surface area contributed by atoms with Crippen molar-refractivity contribution < 1.29 is 14.3 Å². The Bertz CT molecular complexity index is 459. The van der Waals surface area contributed by atoms with Crippen LogP contribution in [0.3, 0.4) is 0 Å². The summed E-state index contributed by atoms with van der Waals surface area (Å²) in [5, 5.41) is 0.488. The number of carbonyl (C=O) groups is 2. The predicted octanol–water partition coefficient (Wildman–Crippen LogP) is 3.13. The average molecular weight is 349 g/mol. The van der Waals surface area contributed by atoms with E-state index in [0.29, 0.717) is 23.7 Å². The van der Waals surface area contributed by atoms with Crippen LogP contribution >= 0.6 is 27.5 Å². The third-order valence-corrected chi connectivity index (χ3v) is 3.27. The summed E-state index contributed by atoms with van der Waals surface area (Å²) in [5.74, 6) is -0.492. The first-order valence-corrected chi connectivity index (χ1v) is 6.97. The molecule has 0 aliphatic rings. The maximum atomic E-state index is 12.3. The van der Waals surface area contributed by atoms with Crippen LogP contribution in [-0.4, -0.2) is 37.0 Å². The fourth-order valence-electron chi connectivity index (χ4n) is 1.59. The molecule has 0 atom stereocenters. The summed E-state index contributed by atoms with van der Waals surface area (Å²) in [6, 6.07) is 5.02. The molecule has 0 radical (unpaired) electrons. The van der Waals surface area contributed by atoms with E-state index >= 15 is 0 Å². The standard InChI is InChI=1S/C13H15BrClNO3/c1-3-16(5-4-12(17)19-2)13(18)9-6-10(14)8-11(15)7-9/h6-8H,3-5H2,1-2H3. The van der Waals surface area contributed by atoms with Gasteiger partial charge in [-0.15, -0.1) is 0 Å². The topological polar surface area (TPSA) is 46.6 Å². The molecular weight excluding hydrogens is 334 g/mol. The van der Waals surface area contributed by atoms with Gasteiger partial charge < -0.3 is 9.64 Å². The SMILES string of the molecule is CCN(CCC(=O)OC)C(=O)c1cc(Cl)cc(Br)c1. The highest BCUT2D eigenvalue weighted by Crippen LogP contribution is 2.20. The Labute approximate surface area is 125 Å². The highest BCUT2D eigenvalue weighted by molar-refractivity contribution is 9.10. The van der Waals surface area contributed by atoms with Gasteiger partial charge in [-0.1, -0.05) is 27.5 Å². The van der Waals surface area contributed by atoms with Crippen molar-refractivity contribution in [2.24, 2.45) is 0 Å². The number of methoxy groups -OCH3 is 1. The van der Waals surface area contributed by atoms with E-state index in [1.54, 1.807) is 23.1 Å². The Balaban J connectivity index is 2.80. The van der Waals surface area contributed by atoms with Crippen LogP contribution in [-0.2, 0) is 9.53 Å². The summed E-state index contributed by atoms with van der Waals surface area (Å²) < 4.78 is 5.31. The normalized spacial score (nSPS) is 10.1. The lowest BCUT2D eigenvalue weighted by molar-refractivity contribution is -0.140. The van der Waals surface area contributed by atoms with Crippen molar-refractivity contribution in [2.75, 3.05) is 20.2 Å². The van der Waals surface area contributed by atoms with Gasteiger partial charge >= 0.3 is 5.97 Å². The third kappa shape index (κ3) is 4.84. The summed E-state index contributed by atoms with van der Waals surface area (Å²) >= 11 is 9.21. The smallest absolute Gasteiger partial charge is 0.307 e. The van der Waals surface area contributed by atoms with Gasteiger partial charge in [-0.3, -0.25) is 9.59 Å². The summed E-state index contributed by atoms with van der Waals surface area (Å²) in [5.41, 5.74) is 0.492. The van der Waals surface area contributed by atoms with Gasteiger partial charge in [-0.05, 0) is 25.1 Å². The molecule has 104 valence electrons. The number of carbonyl (C=O) groups excluding carboxylic acids is 2. The lowest BCUT2D eigenvalue weighted by Gasteiger charge is -2.20. The fraction of sp³-hybridized carbons (Fsp3) is 0.385. The number of halogens is 2. The van der Waals surface area contributed by atoms with E-state index in [0.717, 1.165) is 4.47 Å². The zero-order chi connectivity index (χ0) is 14.4. The van der Waals surface area contributed by atoms with Crippen LogP contribution in [0.2, 0.25) is 5.02 Å². The zero-order valence-corrected chi connectivity index (χ0v) is 13.1. The van der Waals surface area contributed by atoms with Crippen molar-refractivity contribution in [3.8, 4) is 0 Å². The van der Waals surface area contributed by atoms with Crippen molar-refractivity contribution >= 4 is 39.4 Å². The van der Waals surface area contributed by atoms with Crippen molar-refractivity contribution in [3.05, 3.63) is 33.3 Å². The monoisotopic (exact) mass is 347 g/mol. The Hall–Kier alpha value is -1.07. The number of hydrogen-bond acceptors (Lipinski definition) is 3. The second kappa shape index (κ2) is 7.50. The molecule has 0 aliphatic carbocycles. The minimum atomic E-state index is -0.335. The molecule has 0 unspecified atom stereocenters. The molecular formula is C13H15BrClNO3. The highest BCUT2D eigenvalue weighted by Gasteiger charge is 2.16. The molecule has 0 aliphatic heterocycles. The number of amides is 1. The Kier molecular flexibility index (Phi) is 6.31. The number of ether oxygens (including phenoxy) is 1. The van der Waals surface area contributed by atoms with Crippen LogP contribution in [0.4, 0.5) is 0 Å². The Morgan fingerprint density at radius 1 is 1.37 bits per heavy atom. The molecule has 0 bridgehead atoms. The summed E-state index contributed by atoms with van der Waals surface area (Å²) in [6.45, 7) is 2.70. The van der Waals surface area contributed by atoms with Crippen LogP contribution in [0.15, 0.2) is 22.7 Å². The maximum absolute atomic E-state index is 12.3. The van der Waals surface area contributed by atoms with Gasteiger partial charge in [0.2, 0.25) is 0 Å². The van der Waals surface area contributed by atoms with E-state index < -0.39 is 0 Å². The minimum absolute atomic E-state index is 0.158. The molecule has 0 saturated carbocycles. The second-order valence-electron chi connectivity index (χ2n) is 3.87. The van der Waals surface area contributed by atoms with Gasteiger partial charge in [0.15, 0.2) is 0 Å². The number of nitrogens with zero attached hydrogens (tertiary/aromatic N) is 1. The first-order chi connectivity index (χ1) is 8.97. The molecule has 19 heavy (non-hydrogen) atoms. The van der Waals surface area contributed by atoms with Crippen molar-refractivity contribution in [1.29, 1.82) is 0 Å². The first-order valence-electron chi connectivity index (χ1n) is 5.80. The molecule has 1 amide bonds. The lowest BCUT2D eigenvalue weighted by atomic mass is 10.2. The first kappa shape index (κ1) is 16.0. The molecule has 0 spiro atoms. The second-order valence-corrected chi connectivity index (χ2v) is 5.22.